The summed E-state index contributed by atoms with van der Waals surface area (Å²) in [6, 6.07) is 8.17. The Balaban J connectivity index is 1.76. The lowest BCUT2D eigenvalue weighted by atomic mass is 9.84. The maximum Gasteiger partial charge on any atom is 0.410 e. The van der Waals surface area contributed by atoms with E-state index in [2.05, 4.69) is 28.0 Å². The third kappa shape index (κ3) is 5.12. The highest BCUT2D eigenvalue weighted by Crippen LogP contribution is 2.41. The molecule has 33 heavy (non-hydrogen) atoms. The van der Waals surface area contributed by atoms with Crippen molar-refractivity contribution in [2.24, 2.45) is 0 Å². The molecule has 0 aliphatic carbocycles. The molecule has 0 radical (unpaired) electrons. The van der Waals surface area contributed by atoms with E-state index in [9.17, 15) is 4.79 Å². The number of rotatable bonds is 3. The average Bonchev–Trinajstić information content (AvgIpc) is 3.29. The van der Waals surface area contributed by atoms with Crippen LogP contribution < -0.4 is 5.73 Å². The summed E-state index contributed by atoms with van der Waals surface area (Å²) >= 11 is 0. The van der Waals surface area contributed by atoms with Crippen molar-refractivity contribution in [3.63, 3.8) is 0 Å². The summed E-state index contributed by atoms with van der Waals surface area (Å²) < 4.78 is 11.3. The number of anilines is 1. The Bertz CT molecular complexity index is 1060. The van der Waals surface area contributed by atoms with Gasteiger partial charge >= 0.3 is 6.09 Å². The first-order valence-corrected chi connectivity index (χ1v) is 11.6. The fourth-order valence-corrected chi connectivity index (χ4v) is 4.76. The molecule has 7 nitrogen and oxygen atoms in total. The van der Waals surface area contributed by atoms with Crippen LogP contribution in [0, 0.1) is 6.57 Å². The molecule has 1 atom stereocenters. The van der Waals surface area contributed by atoms with Crippen molar-refractivity contribution in [2.75, 3.05) is 25.5 Å². The van der Waals surface area contributed by atoms with Gasteiger partial charge in [0.1, 0.15) is 11.4 Å². The Morgan fingerprint density at radius 1 is 1.18 bits per heavy atom. The first kappa shape index (κ1) is 23.1. The summed E-state index contributed by atoms with van der Waals surface area (Å²) in [5, 5.41) is 0. The quantitative estimate of drug-likeness (QED) is 0.596. The van der Waals surface area contributed by atoms with Crippen molar-refractivity contribution < 1.29 is 14.3 Å². The summed E-state index contributed by atoms with van der Waals surface area (Å²) in [6.45, 7) is 15.2. The molecule has 2 saturated heterocycles. The standard InChI is InChI=1S/C26H32N4O3/c1-26(2,3)33-25(31)30-11-5-6-23(30)21-14-18(19-15-22(28-4)24(27)29-16-19)7-8-20(21)17-9-12-32-13-10-17/h7-8,14-17,23H,5-6,9-13H2,1-3H3,(H2,27,29)/t23-/m0/s1. The lowest BCUT2D eigenvalue weighted by Gasteiger charge is -2.32. The number of pyridine rings is 1. The normalized spacial score (nSPS) is 19.3. The number of likely N-dealkylation sites (tertiary alicyclic amines) is 1. The number of hydrogen-bond acceptors (Lipinski definition) is 5. The van der Waals surface area contributed by atoms with Crippen molar-refractivity contribution in [2.45, 2.75) is 64.0 Å². The molecule has 4 rings (SSSR count). The van der Waals surface area contributed by atoms with Gasteiger partial charge in [0.25, 0.3) is 0 Å². The minimum Gasteiger partial charge on any atom is -0.444 e. The van der Waals surface area contributed by atoms with E-state index in [0.717, 1.165) is 55.6 Å². The molecule has 0 unspecified atom stereocenters. The molecule has 2 aliphatic rings. The van der Waals surface area contributed by atoms with Crippen LogP contribution >= 0.6 is 0 Å². The van der Waals surface area contributed by atoms with E-state index in [0.29, 0.717) is 18.2 Å². The average molecular weight is 449 g/mol. The zero-order valence-corrected chi connectivity index (χ0v) is 19.6. The molecule has 2 N–H and O–H groups in total. The predicted molar refractivity (Wildman–Crippen MR) is 128 cm³/mol. The van der Waals surface area contributed by atoms with Crippen molar-refractivity contribution in [1.82, 2.24) is 9.88 Å². The summed E-state index contributed by atoms with van der Waals surface area (Å²) in [7, 11) is 0. The highest BCUT2D eigenvalue weighted by atomic mass is 16.6. The number of carbonyl (C=O) groups excluding carboxylic acids is 1. The molecule has 1 amide bonds. The van der Waals surface area contributed by atoms with Gasteiger partial charge in [-0.25, -0.2) is 9.64 Å². The number of amides is 1. The molecule has 1 aromatic carbocycles. The number of benzene rings is 1. The second-order valence-corrected chi connectivity index (χ2v) is 9.80. The van der Waals surface area contributed by atoms with Gasteiger partial charge < -0.3 is 20.1 Å². The highest BCUT2D eigenvalue weighted by Gasteiger charge is 2.35. The molecule has 1 aromatic heterocycles. The van der Waals surface area contributed by atoms with Gasteiger partial charge in [0.2, 0.25) is 5.69 Å². The number of carbonyl (C=O) groups is 1. The number of hydrogen-bond donors (Lipinski definition) is 1. The number of nitrogens with zero attached hydrogens (tertiary/aromatic N) is 3. The van der Waals surface area contributed by atoms with Gasteiger partial charge in [-0.3, -0.25) is 4.98 Å². The molecular weight excluding hydrogens is 416 g/mol. The predicted octanol–water partition coefficient (Wildman–Crippen LogP) is 5.85. The van der Waals surface area contributed by atoms with Crippen molar-refractivity contribution in [3.05, 3.63) is 53.0 Å². The van der Waals surface area contributed by atoms with Crippen LogP contribution in [0.15, 0.2) is 30.5 Å². The summed E-state index contributed by atoms with van der Waals surface area (Å²) in [4.78, 5) is 22.6. The van der Waals surface area contributed by atoms with Gasteiger partial charge in [-0.05, 0) is 86.8 Å². The highest BCUT2D eigenvalue weighted by molar-refractivity contribution is 5.74. The Morgan fingerprint density at radius 2 is 1.94 bits per heavy atom. The largest absolute Gasteiger partial charge is 0.444 e. The van der Waals surface area contributed by atoms with E-state index in [1.165, 1.54) is 5.56 Å². The summed E-state index contributed by atoms with van der Waals surface area (Å²) in [5.74, 6) is 0.631. The van der Waals surface area contributed by atoms with E-state index in [1.807, 2.05) is 25.7 Å². The molecule has 0 spiro atoms. The molecule has 2 fully saturated rings. The Kier molecular flexibility index (Phi) is 6.57. The van der Waals surface area contributed by atoms with Crippen LogP contribution in [0.1, 0.15) is 69.5 Å². The second-order valence-electron chi connectivity index (χ2n) is 9.80. The lowest BCUT2D eigenvalue weighted by molar-refractivity contribution is 0.0222. The second kappa shape index (κ2) is 9.40. The van der Waals surface area contributed by atoms with Gasteiger partial charge in [0, 0.05) is 26.0 Å². The van der Waals surface area contributed by atoms with E-state index in [-0.39, 0.29) is 18.0 Å². The van der Waals surface area contributed by atoms with Gasteiger partial charge in [-0.2, -0.15) is 0 Å². The molecule has 7 heteroatoms. The van der Waals surface area contributed by atoms with E-state index in [1.54, 1.807) is 12.3 Å². The van der Waals surface area contributed by atoms with Crippen LogP contribution in [-0.2, 0) is 9.47 Å². The molecule has 0 bridgehead atoms. The molecule has 2 aliphatic heterocycles. The molecule has 3 heterocycles. The maximum absolute atomic E-state index is 13.0. The smallest absolute Gasteiger partial charge is 0.410 e. The molecular formula is C26H32N4O3. The fourth-order valence-electron chi connectivity index (χ4n) is 4.76. The number of nitrogen functional groups attached to an aromatic ring is 1. The molecule has 174 valence electrons. The topological polar surface area (TPSA) is 82.0 Å². The minimum atomic E-state index is -0.540. The van der Waals surface area contributed by atoms with Crippen LogP contribution in [0.4, 0.5) is 16.3 Å². The monoisotopic (exact) mass is 448 g/mol. The number of ether oxygens (including phenoxy) is 2. The van der Waals surface area contributed by atoms with Crippen LogP contribution in [0.2, 0.25) is 0 Å². The lowest BCUT2D eigenvalue weighted by Crippen LogP contribution is -2.36. The third-order valence-corrected chi connectivity index (χ3v) is 6.34. The first-order chi connectivity index (χ1) is 15.8. The Labute approximate surface area is 195 Å². The van der Waals surface area contributed by atoms with Crippen molar-refractivity contribution in [3.8, 4) is 11.1 Å². The molecule has 0 saturated carbocycles. The van der Waals surface area contributed by atoms with Gasteiger partial charge in [0.05, 0.1) is 12.6 Å². The Morgan fingerprint density at radius 3 is 2.64 bits per heavy atom. The number of aromatic nitrogens is 1. The van der Waals surface area contributed by atoms with Crippen molar-refractivity contribution in [1.29, 1.82) is 0 Å². The maximum atomic E-state index is 13.0. The van der Waals surface area contributed by atoms with Gasteiger partial charge in [-0.15, -0.1) is 0 Å². The number of nitrogens with two attached hydrogens (primary N) is 1. The van der Waals surface area contributed by atoms with Gasteiger partial charge in [-0.1, -0.05) is 12.1 Å². The zero-order valence-electron chi connectivity index (χ0n) is 19.6. The van der Waals surface area contributed by atoms with Crippen LogP contribution in [0.25, 0.3) is 16.0 Å². The van der Waals surface area contributed by atoms with E-state index < -0.39 is 5.60 Å². The fraction of sp³-hybridized carbons (Fsp3) is 0.500. The van der Waals surface area contributed by atoms with Crippen LogP contribution in [-0.4, -0.2) is 41.3 Å². The third-order valence-electron chi connectivity index (χ3n) is 6.34. The summed E-state index contributed by atoms with van der Waals surface area (Å²) in [6.07, 6.45) is 5.21. The van der Waals surface area contributed by atoms with E-state index in [4.69, 9.17) is 21.8 Å². The van der Waals surface area contributed by atoms with Crippen molar-refractivity contribution >= 4 is 17.6 Å². The van der Waals surface area contributed by atoms with Crippen LogP contribution in [0.3, 0.4) is 0 Å². The van der Waals surface area contributed by atoms with Crippen LogP contribution in [0.5, 0.6) is 0 Å². The summed E-state index contributed by atoms with van der Waals surface area (Å²) in [5.41, 5.74) is 9.88. The zero-order chi connectivity index (χ0) is 23.6. The minimum absolute atomic E-state index is 0.0419. The first-order valence-electron chi connectivity index (χ1n) is 11.6. The van der Waals surface area contributed by atoms with Gasteiger partial charge in [0.15, 0.2) is 0 Å². The Hall–Kier alpha value is -3.11. The SMILES string of the molecule is [C-]#[N+]c1cc(-c2ccc(C3CCOCC3)c([C@@H]3CCCN3C(=O)OC(C)(C)C)c2)cnc1N. The molecule has 2 aromatic rings. The van der Waals surface area contributed by atoms with E-state index >= 15 is 0 Å².